The first-order chi connectivity index (χ1) is 15.5. The number of aliphatic hydroxyl groups is 1. The molecule has 1 atom stereocenters. The van der Waals surface area contributed by atoms with E-state index in [4.69, 9.17) is 9.97 Å². The predicted octanol–water partition coefficient (Wildman–Crippen LogP) is 3.17. The monoisotopic (exact) mass is 437 g/mol. The molecule has 9 heteroatoms. The molecule has 1 aromatic carbocycles. The molecule has 2 aromatic heterocycles. The third-order valence-corrected chi connectivity index (χ3v) is 5.86. The van der Waals surface area contributed by atoms with Crippen molar-refractivity contribution in [2.24, 2.45) is 0 Å². The Hall–Kier alpha value is -3.20. The van der Waals surface area contributed by atoms with Crippen LogP contribution >= 0.6 is 0 Å². The van der Waals surface area contributed by atoms with Crippen molar-refractivity contribution in [3.8, 4) is 0 Å². The van der Waals surface area contributed by atoms with E-state index in [1.54, 1.807) is 4.52 Å². The van der Waals surface area contributed by atoms with Crippen LogP contribution in [-0.2, 0) is 11.3 Å². The number of carbonyl (C=O) groups excluding carboxylic acids is 1. The fraction of sp³-hybridized carbons (Fsp3) is 0.478. The van der Waals surface area contributed by atoms with Crippen molar-refractivity contribution >= 4 is 29.1 Å². The average molecular weight is 438 g/mol. The third kappa shape index (κ3) is 4.52. The van der Waals surface area contributed by atoms with Crippen LogP contribution in [0.4, 0.5) is 17.6 Å². The van der Waals surface area contributed by atoms with E-state index in [1.807, 2.05) is 37.4 Å². The Morgan fingerprint density at radius 1 is 1.25 bits per heavy atom. The standard InChI is InChI=1S/C23H31N7O2/c1-4-20(32)26-17-9-7-16(8-10-17)12-24-22-28-23(29-11-5-6-18(29)14-31)27-21-19(15(2)3)13-25-30(21)22/h7-10,13,15,18,31H,4-6,11-12,14H2,1-3H3,(H,26,32)(H,24,27,28)/t18-/m1/s1. The zero-order valence-electron chi connectivity index (χ0n) is 18.9. The lowest BCUT2D eigenvalue weighted by Crippen LogP contribution is -2.34. The van der Waals surface area contributed by atoms with Gasteiger partial charge in [0.25, 0.3) is 0 Å². The highest BCUT2D eigenvalue weighted by Crippen LogP contribution is 2.27. The van der Waals surface area contributed by atoms with Crippen molar-refractivity contribution in [2.45, 2.75) is 58.5 Å². The number of amides is 1. The molecule has 0 aliphatic carbocycles. The van der Waals surface area contributed by atoms with Gasteiger partial charge < -0.3 is 20.6 Å². The van der Waals surface area contributed by atoms with E-state index in [0.717, 1.165) is 41.8 Å². The lowest BCUT2D eigenvalue weighted by atomic mass is 10.1. The summed E-state index contributed by atoms with van der Waals surface area (Å²) in [5.74, 6) is 1.51. The molecule has 1 fully saturated rings. The van der Waals surface area contributed by atoms with E-state index >= 15 is 0 Å². The maximum Gasteiger partial charge on any atom is 0.231 e. The van der Waals surface area contributed by atoms with Crippen molar-refractivity contribution in [3.63, 3.8) is 0 Å². The summed E-state index contributed by atoms with van der Waals surface area (Å²) in [6, 6.07) is 7.78. The summed E-state index contributed by atoms with van der Waals surface area (Å²) in [5.41, 5.74) is 3.68. The molecule has 4 rings (SSSR count). The van der Waals surface area contributed by atoms with E-state index in [0.29, 0.717) is 24.9 Å². The van der Waals surface area contributed by atoms with E-state index in [-0.39, 0.29) is 24.5 Å². The van der Waals surface area contributed by atoms with Gasteiger partial charge in [0, 0.05) is 30.8 Å². The van der Waals surface area contributed by atoms with Crippen LogP contribution < -0.4 is 15.5 Å². The molecule has 0 radical (unpaired) electrons. The zero-order chi connectivity index (χ0) is 22.7. The van der Waals surface area contributed by atoms with Gasteiger partial charge in [-0.05, 0) is 36.5 Å². The van der Waals surface area contributed by atoms with Gasteiger partial charge in [0.15, 0.2) is 5.65 Å². The highest BCUT2D eigenvalue weighted by atomic mass is 16.3. The summed E-state index contributed by atoms with van der Waals surface area (Å²) < 4.78 is 1.75. The van der Waals surface area contributed by atoms with Gasteiger partial charge in [-0.3, -0.25) is 4.79 Å². The second-order valence-corrected chi connectivity index (χ2v) is 8.46. The van der Waals surface area contributed by atoms with Crippen LogP contribution in [0.2, 0.25) is 0 Å². The molecular formula is C23H31N7O2. The van der Waals surface area contributed by atoms with Gasteiger partial charge in [-0.15, -0.1) is 0 Å². The minimum absolute atomic E-state index is 0.00508. The predicted molar refractivity (Wildman–Crippen MR) is 125 cm³/mol. The lowest BCUT2D eigenvalue weighted by molar-refractivity contribution is -0.115. The number of benzene rings is 1. The van der Waals surface area contributed by atoms with E-state index in [9.17, 15) is 9.90 Å². The topological polar surface area (TPSA) is 108 Å². The molecule has 0 unspecified atom stereocenters. The van der Waals surface area contributed by atoms with Gasteiger partial charge in [0.2, 0.25) is 17.8 Å². The first-order valence-corrected chi connectivity index (χ1v) is 11.3. The van der Waals surface area contributed by atoms with Gasteiger partial charge in [0.05, 0.1) is 18.8 Å². The molecule has 1 aliphatic rings. The first-order valence-electron chi connectivity index (χ1n) is 11.3. The van der Waals surface area contributed by atoms with Gasteiger partial charge in [-0.1, -0.05) is 32.9 Å². The number of anilines is 3. The van der Waals surface area contributed by atoms with E-state index < -0.39 is 0 Å². The van der Waals surface area contributed by atoms with Crippen LogP contribution in [-0.4, -0.2) is 49.8 Å². The maximum absolute atomic E-state index is 11.6. The summed E-state index contributed by atoms with van der Waals surface area (Å²) in [5, 5.41) is 20.6. The number of nitrogens with zero attached hydrogens (tertiary/aromatic N) is 5. The number of rotatable bonds is 8. The van der Waals surface area contributed by atoms with Crippen molar-refractivity contribution in [1.29, 1.82) is 0 Å². The molecule has 1 saturated heterocycles. The molecular weight excluding hydrogens is 406 g/mol. The van der Waals surface area contributed by atoms with E-state index in [1.165, 1.54) is 0 Å². The number of aliphatic hydroxyl groups excluding tert-OH is 1. The molecule has 1 aliphatic heterocycles. The minimum atomic E-state index is -0.00508. The van der Waals surface area contributed by atoms with Crippen LogP contribution in [0.1, 0.15) is 57.1 Å². The van der Waals surface area contributed by atoms with E-state index in [2.05, 4.69) is 34.5 Å². The smallest absolute Gasteiger partial charge is 0.231 e. The molecule has 32 heavy (non-hydrogen) atoms. The molecule has 3 N–H and O–H groups in total. The Bertz CT molecular complexity index is 1080. The Balaban J connectivity index is 1.60. The average Bonchev–Trinajstić information content (AvgIpc) is 3.45. The summed E-state index contributed by atoms with van der Waals surface area (Å²) in [6.07, 6.45) is 4.25. The SMILES string of the molecule is CCC(=O)Nc1ccc(CNc2nc(N3CCC[C@@H]3CO)nc3c(C(C)C)cnn23)cc1. The zero-order valence-corrected chi connectivity index (χ0v) is 18.9. The molecule has 0 spiro atoms. The van der Waals surface area contributed by atoms with Crippen molar-refractivity contribution in [3.05, 3.63) is 41.6 Å². The Morgan fingerprint density at radius 3 is 2.72 bits per heavy atom. The largest absolute Gasteiger partial charge is 0.394 e. The van der Waals surface area contributed by atoms with Crippen LogP contribution in [0.25, 0.3) is 5.65 Å². The lowest BCUT2D eigenvalue weighted by Gasteiger charge is -2.23. The fourth-order valence-electron chi connectivity index (χ4n) is 3.96. The Labute approximate surface area is 187 Å². The number of hydrogen-bond donors (Lipinski definition) is 3. The number of carbonyl (C=O) groups is 1. The third-order valence-electron chi connectivity index (χ3n) is 5.86. The number of aromatic nitrogens is 4. The molecule has 1 amide bonds. The minimum Gasteiger partial charge on any atom is -0.394 e. The summed E-state index contributed by atoms with van der Waals surface area (Å²) in [6.45, 7) is 7.54. The van der Waals surface area contributed by atoms with Crippen molar-refractivity contribution in [1.82, 2.24) is 19.6 Å². The second-order valence-electron chi connectivity index (χ2n) is 8.46. The van der Waals surface area contributed by atoms with Crippen LogP contribution in [0, 0.1) is 0 Å². The highest BCUT2D eigenvalue weighted by molar-refractivity contribution is 5.90. The van der Waals surface area contributed by atoms with Crippen LogP contribution in [0.3, 0.4) is 0 Å². The Morgan fingerprint density at radius 2 is 2.03 bits per heavy atom. The molecule has 3 aromatic rings. The number of fused-ring (bicyclic) bond motifs is 1. The van der Waals surface area contributed by atoms with Gasteiger partial charge in [0.1, 0.15) is 0 Å². The second kappa shape index (κ2) is 9.52. The normalized spacial score (nSPS) is 16.2. The molecule has 9 nitrogen and oxygen atoms in total. The summed E-state index contributed by atoms with van der Waals surface area (Å²) in [4.78, 5) is 23.3. The number of hydrogen-bond acceptors (Lipinski definition) is 7. The van der Waals surface area contributed by atoms with Crippen LogP contribution in [0.5, 0.6) is 0 Å². The fourth-order valence-corrected chi connectivity index (χ4v) is 3.96. The van der Waals surface area contributed by atoms with Crippen molar-refractivity contribution < 1.29 is 9.90 Å². The number of nitrogens with one attached hydrogen (secondary N) is 2. The highest BCUT2D eigenvalue weighted by Gasteiger charge is 2.27. The molecule has 0 saturated carbocycles. The van der Waals surface area contributed by atoms with Gasteiger partial charge >= 0.3 is 0 Å². The van der Waals surface area contributed by atoms with Gasteiger partial charge in [-0.25, -0.2) is 0 Å². The summed E-state index contributed by atoms with van der Waals surface area (Å²) >= 11 is 0. The van der Waals surface area contributed by atoms with Crippen LogP contribution in [0.15, 0.2) is 30.5 Å². The molecule has 3 heterocycles. The molecule has 170 valence electrons. The van der Waals surface area contributed by atoms with Gasteiger partial charge in [-0.2, -0.15) is 19.6 Å². The van der Waals surface area contributed by atoms with Crippen molar-refractivity contribution in [2.75, 3.05) is 28.7 Å². The quantitative estimate of drug-likeness (QED) is 0.497. The molecule has 0 bridgehead atoms. The Kier molecular flexibility index (Phi) is 6.55. The summed E-state index contributed by atoms with van der Waals surface area (Å²) in [7, 11) is 0. The maximum atomic E-state index is 11.6. The first kappa shape index (κ1) is 22.0.